The molecule has 0 radical (unpaired) electrons. The van der Waals surface area contributed by atoms with E-state index in [0.29, 0.717) is 19.3 Å². The molecule has 0 amide bonds. The maximum absolute atomic E-state index is 12.4. The second-order valence-corrected chi connectivity index (χ2v) is 5.01. The number of esters is 3. The number of rotatable bonds is 7. The normalized spacial score (nSPS) is 19.9. The molecule has 0 spiro atoms. The highest BCUT2D eigenvalue weighted by molar-refractivity contribution is 6.01. The summed E-state index contributed by atoms with van der Waals surface area (Å²) < 4.78 is 15.1. The van der Waals surface area contributed by atoms with Gasteiger partial charge in [0.05, 0.1) is 19.8 Å². The summed E-state index contributed by atoms with van der Waals surface area (Å²) in [6.45, 7) is 5.74. The maximum Gasteiger partial charge on any atom is 0.323 e. The molecule has 0 N–H and O–H groups in total. The van der Waals surface area contributed by atoms with E-state index in [0.717, 1.165) is 0 Å². The van der Waals surface area contributed by atoms with Gasteiger partial charge in [-0.25, -0.2) is 0 Å². The maximum atomic E-state index is 12.4. The molecule has 0 bridgehead atoms. The molecule has 1 unspecified atom stereocenters. The monoisotopic (exact) mass is 300 g/mol. The Labute approximate surface area is 125 Å². The van der Waals surface area contributed by atoms with Gasteiger partial charge in [-0.05, 0) is 39.5 Å². The predicted octanol–water partition coefficient (Wildman–Crippen LogP) is 1.85. The fraction of sp³-hybridized carbons (Fsp3) is 0.800. The lowest BCUT2D eigenvalue weighted by Crippen LogP contribution is -2.45. The van der Waals surface area contributed by atoms with Crippen molar-refractivity contribution in [3.63, 3.8) is 0 Å². The highest BCUT2D eigenvalue weighted by Gasteiger charge is 2.57. The van der Waals surface area contributed by atoms with E-state index in [4.69, 9.17) is 14.2 Å². The third-order valence-corrected chi connectivity index (χ3v) is 3.82. The minimum Gasteiger partial charge on any atom is -0.466 e. The summed E-state index contributed by atoms with van der Waals surface area (Å²) in [7, 11) is 0. The van der Waals surface area contributed by atoms with E-state index in [-0.39, 0.29) is 26.2 Å². The summed E-state index contributed by atoms with van der Waals surface area (Å²) in [6.07, 6.45) is 1.68. The molecule has 0 saturated heterocycles. The molecule has 1 atom stereocenters. The first-order chi connectivity index (χ1) is 10.0. The van der Waals surface area contributed by atoms with Crippen molar-refractivity contribution in [1.82, 2.24) is 0 Å². The van der Waals surface area contributed by atoms with Crippen molar-refractivity contribution in [3.05, 3.63) is 0 Å². The van der Waals surface area contributed by atoms with E-state index in [1.807, 2.05) is 0 Å². The van der Waals surface area contributed by atoms with Gasteiger partial charge in [0.2, 0.25) is 0 Å². The molecule has 1 fully saturated rings. The zero-order valence-corrected chi connectivity index (χ0v) is 13.0. The van der Waals surface area contributed by atoms with E-state index >= 15 is 0 Å². The molecule has 0 heterocycles. The second-order valence-electron chi connectivity index (χ2n) is 5.01. The SMILES string of the molecule is CCOC(=O)CC1CCCC1(C(=O)OCC)C(=O)OCC. The Bertz CT molecular complexity index is 372. The molecular formula is C15H24O6. The molecule has 6 nitrogen and oxygen atoms in total. The summed E-state index contributed by atoms with van der Waals surface area (Å²) in [5, 5.41) is 0. The van der Waals surface area contributed by atoms with Crippen LogP contribution in [0.1, 0.15) is 46.5 Å². The molecule has 120 valence electrons. The van der Waals surface area contributed by atoms with Crippen molar-refractivity contribution >= 4 is 17.9 Å². The van der Waals surface area contributed by atoms with Crippen molar-refractivity contribution in [2.45, 2.75) is 46.5 Å². The highest BCUT2D eigenvalue weighted by Crippen LogP contribution is 2.47. The van der Waals surface area contributed by atoms with E-state index < -0.39 is 29.2 Å². The lowest BCUT2D eigenvalue weighted by atomic mass is 9.76. The topological polar surface area (TPSA) is 78.9 Å². The average molecular weight is 300 g/mol. The smallest absolute Gasteiger partial charge is 0.323 e. The quantitative estimate of drug-likeness (QED) is 0.405. The summed E-state index contributed by atoms with van der Waals surface area (Å²) in [5.74, 6) is -2.00. The standard InChI is InChI=1S/C15H24O6/c1-4-19-12(16)10-11-8-7-9-15(11,13(17)20-5-2)14(18)21-6-3/h11H,4-10H2,1-3H3. The highest BCUT2D eigenvalue weighted by atomic mass is 16.6. The van der Waals surface area contributed by atoms with Gasteiger partial charge in [0.25, 0.3) is 0 Å². The Kier molecular flexibility index (Phi) is 6.65. The van der Waals surface area contributed by atoms with E-state index in [1.165, 1.54) is 0 Å². The third kappa shape index (κ3) is 3.74. The van der Waals surface area contributed by atoms with Gasteiger partial charge < -0.3 is 14.2 Å². The van der Waals surface area contributed by atoms with E-state index in [9.17, 15) is 14.4 Å². The Morgan fingerprint density at radius 1 is 0.952 bits per heavy atom. The van der Waals surface area contributed by atoms with Crippen LogP contribution >= 0.6 is 0 Å². The van der Waals surface area contributed by atoms with Gasteiger partial charge in [-0.3, -0.25) is 14.4 Å². The van der Waals surface area contributed by atoms with Gasteiger partial charge in [-0.15, -0.1) is 0 Å². The van der Waals surface area contributed by atoms with Gasteiger partial charge in [-0.1, -0.05) is 6.42 Å². The molecule has 0 aromatic rings. The first-order valence-electron chi connectivity index (χ1n) is 7.52. The van der Waals surface area contributed by atoms with Crippen molar-refractivity contribution in [2.24, 2.45) is 11.3 Å². The molecule has 1 aliphatic rings. The second kappa shape index (κ2) is 8.00. The van der Waals surface area contributed by atoms with Gasteiger partial charge in [0.1, 0.15) is 0 Å². The first kappa shape index (κ1) is 17.5. The minimum absolute atomic E-state index is 0.0332. The molecule has 1 rings (SSSR count). The lowest BCUT2D eigenvalue weighted by Gasteiger charge is -2.30. The first-order valence-corrected chi connectivity index (χ1v) is 7.52. The van der Waals surface area contributed by atoms with Gasteiger partial charge in [0.15, 0.2) is 5.41 Å². The van der Waals surface area contributed by atoms with Crippen molar-refractivity contribution in [2.75, 3.05) is 19.8 Å². The molecular weight excluding hydrogens is 276 g/mol. The number of hydrogen-bond donors (Lipinski definition) is 0. The zero-order chi connectivity index (χ0) is 15.9. The molecule has 0 aromatic heterocycles. The number of ether oxygens (including phenoxy) is 3. The van der Waals surface area contributed by atoms with Crippen LogP contribution < -0.4 is 0 Å². The zero-order valence-electron chi connectivity index (χ0n) is 13.0. The number of hydrogen-bond acceptors (Lipinski definition) is 6. The van der Waals surface area contributed by atoms with E-state index in [1.54, 1.807) is 20.8 Å². The predicted molar refractivity (Wildman–Crippen MR) is 74.3 cm³/mol. The number of carbonyl (C=O) groups is 3. The Morgan fingerprint density at radius 3 is 1.95 bits per heavy atom. The van der Waals surface area contributed by atoms with Gasteiger partial charge >= 0.3 is 17.9 Å². The molecule has 6 heteroatoms. The van der Waals surface area contributed by atoms with Crippen molar-refractivity contribution in [1.29, 1.82) is 0 Å². The van der Waals surface area contributed by atoms with E-state index in [2.05, 4.69) is 0 Å². The fourth-order valence-electron chi connectivity index (χ4n) is 2.92. The van der Waals surface area contributed by atoms with Gasteiger partial charge in [-0.2, -0.15) is 0 Å². The lowest BCUT2D eigenvalue weighted by molar-refractivity contribution is -0.176. The third-order valence-electron chi connectivity index (χ3n) is 3.82. The Balaban J connectivity index is 3.00. The van der Waals surface area contributed by atoms with Crippen LogP contribution in [0, 0.1) is 11.3 Å². The molecule has 0 aliphatic heterocycles. The van der Waals surface area contributed by atoms with Crippen LogP contribution in [0.4, 0.5) is 0 Å². The van der Waals surface area contributed by atoms with Crippen molar-refractivity contribution < 1.29 is 28.6 Å². The molecule has 1 saturated carbocycles. The average Bonchev–Trinajstić information content (AvgIpc) is 2.84. The Hall–Kier alpha value is -1.59. The van der Waals surface area contributed by atoms with Crippen LogP contribution in [0.15, 0.2) is 0 Å². The summed E-state index contributed by atoms with van der Waals surface area (Å²) >= 11 is 0. The van der Waals surface area contributed by atoms with Crippen molar-refractivity contribution in [3.8, 4) is 0 Å². The van der Waals surface area contributed by atoms with Crippen LogP contribution in [0.25, 0.3) is 0 Å². The van der Waals surface area contributed by atoms with Crippen LogP contribution in [-0.2, 0) is 28.6 Å². The largest absolute Gasteiger partial charge is 0.466 e. The fourth-order valence-corrected chi connectivity index (χ4v) is 2.92. The minimum atomic E-state index is -1.36. The number of carbonyl (C=O) groups excluding carboxylic acids is 3. The molecule has 1 aliphatic carbocycles. The Morgan fingerprint density at radius 2 is 1.48 bits per heavy atom. The van der Waals surface area contributed by atoms with Gasteiger partial charge in [0, 0.05) is 6.42 Å². The van der Waals surface area contributed by atoms with Crippen LogP contribution in [-0.4, -0.2) is 37.7 Å². The van der Waals surface area contributed by atoms with Crippen LogP contribution in [0.5, 0.6) is 0 Å². The summed E-state index contributed by atoms with van der Waals surface area (Å²) in [5.41, 5.74) is -1.36. The molecule has 0 aromatic carbocycles. The van der Waals surface area contributed by atoms with Crippen LogP contribution in [0.2, 0.25) is 0 Å². The van der Waals surface area contributed by atoms with Crippen LogP contribution in [0.3, 0.4) is 0 Å². The summed E-state index contributed by atoms with van der Waals surface area (Å²) in [4.78, 5) is 36.4. The molecule has 21 heavy (non-hydrogen) atoms. The summed E-state index contributed by atoms with van der Waals surface area (Å²) in [6, 6.07) is 0.